The largest absolute Gasteiger partial charge is 0.311 e. The Bertz CT molecular complexity index is 218. The highest BCUT2D eigenvalue weighted by Gasteiger charge is 2.32. The molecular formula is C7H11N3S. The van der Waals surface area contributed by atoms with Crippen LogP contribution in [0.1, 0.15) is 24.6 Å². The molecule has 2 rings (SSSR count). The van der Waals surface area contributed by atoms with Gasteiger partial charge in [0.15, 0.2) is 0 Å². The van der Waals surface area contributed by atoms with E-state index in [0.717, 1.165) is 11.6 Å². The summed E-state index contributed by atoms with van der Waals surface area (Å²) in [6, 6.07) is 0.453. The number of rotatable bonds is 3. The predicted octanol–water partition coefficient (Wildman–Crippen LogP) is 1.21. The van der Waals surface area contributed by atoms with Crippen molar-refractivity contribution in [3.8, 4) is 0 Å². The zero-order valence-electron chi connectivity index (χ0n) is 6.45. The lowest BCUT2D eigenvalue weighted by atomic mass is 10.1. The molecule has 0 aliphatic heterocycles. The minimum Gasteiger partial charge on any atom is -0.311 e. The van der Waals surface area contributed by atoms with E-state index in [1.54, 1.807) is 0 Å². The molecule has 1 aromatic rings. The summed E-state index contributed by atoms with van der Waals surface area (Å²) in [6.45, 7) is 0. The molecule has 1 saturated carbocycles. The fourth-order valence-corrected chi connectivity index (χ4v) is 1.82. The second-order valence-corrected chi connectivity index (χ2v) is 3.49. The van der Waals surface area contributed by atoms with Crippen LogP contribution >= 0.6 is 11.7 Å². The van der Waals surface area contributed by atoms with Gasteiger partial charge in [0.05, 0.1) is 29.7 Å². The Morgan fingerprint density at radius 3 is 3.00 bits per heavy atom. The van der Waals surface area contributed by atoms with E-state index in [0.29, 0.717) is 6.04 Å². The molecule has 11 heavy (non-hydrogen) atoms. The Kier molecular flexibility index (Phi) is 1.87. The van der Waals surface area contributed by atoms with E-state index < -0.39 is 0 Å². The molecule has 1 unspecified atom stereocenters. The van der Waals surface area contributed by atoms with E-state index in [-0.39, 0.29) is 0 Å². The molecule has 0 radical (unpaired) electrons. The van der Waals surface area contributed by atoms with Crippen LogP contribution in [0.4, 0.5) is 0 Å². The topological polar surface area (TPSA) is 37.8 Å². The molecule has 1 fully saturated rings. The van der Waals surface area contributed by atoms with Crippen LogP contribution < -0.4 is 5.32 Å². The smallest absolute Gasteiger partial charge is 0.0914 e. The Labute approximate surface area is 70.2 Å². The Morgan fingerprint density at radius 2 is 2.55 bits per heavy atom. The Hall–Kier alpha value is -0.480. The normalized spacial score (nSPS) is 20.1. The minimum atomic E-state index is 0.453. The van der Waals surface area contributed by atoms with Crippen LogP contribution in [0.2, 0.25) is 0 Å². The molecule has 3 nitrogen and oxygen atoms in total. The summed E-state index contributed by atoms with van der Waals surface area (Å²) in [4.78, 5) is 0. The third kappa shape index (κ3) is 1.41. The number of aromatic nitrogens is 2. The zero-order valence-corrected chi connectivity index (χ0v) is 7.27. The van der Waals surface area contributed by atoms with E-state index >= 15 is 0 Å². The summed E-state index contributed by atoms with van der Waals surface area (Å²) in [5.41, 5.74) is 1.11. The van der Waals surface area contributed by atoms with Gasteiger partial charge in [-0.2, -0.15) is 8.75 Å². The lowest BCUT2D eigenvalue weighted by Gasteiger charge is -2.10. The minimum absolute atomic E-state index is 0.453. The van der Waals surface area contributed by atoms with Gasteiger partial charge in [-0.05, 0) is 25.8 Å². The van der Waals surface area contributed by atoms with Crippen LogP contribution in [0.5, 0.6) is 0 Å². The Balaban J connectivity index is 2.11. The molecule has 1 atom stereocenters. The monoisotopic (exact) mass is 169 g/mol. The van der Waals surface area contributed by atoms with Crippen LogP contribution in [0, 0.1) is 5.92 Å². The van der Waals surface area contributed by atoms with Crippen molar-refractivity contribution in [1.29, 1.82) is 0 Å². The van der Waals surface area contributed by atoms with Gasteiger partial charge in [0.1, 0.15) is 0 Å². The fourth-order valence-electron chi connectivity index (χ4n) is 1.36. The highest BCUT2D eigenvalue weighted by atomic mass is 32.1. The molecule has 1 heterocycles. The second kappa shape index (κ2) is 2.87. The lowest BCUT2D eigenvalue weighted by molar-refractivity contribution is 0.519. The third-order valence-electron chi connectivity index (χ3n) is 2.10. The average molecular weight is 169 g/mol. The fraction of sp³-hybridized carbons (Fsp3) is 0.714. The molecule has 0 aromatic carbocycles. The summed E-state index contributed by atoms with van der Waals surface area (Å²) >= 11 is 1.29. The van der Waals surface area contributed by atoms with E-state index in [1.807, 2.05) is 13.2 Å². The highest BCUT2D eigenvalue weighted by molar-refractivity contribution is 6.99. The van der Waals surface area contributed by atoms with Crippen LogP contribution in [0.3, 0.4) is 0 Å². The van der Waals surface area contributed by atoms with Crippen molar-refractivity contribution in [2.75, 3.05) is 7.05 Å². The van der Waals surface area contributed by atoms with Gasteiger partial charge in [0.25, 0.3) is 0 Å². The summed E-state index contributed by atoms with van der Waals surface area (Å²) in [7, 11) is 1.99. The van der Waals surface area contributed by atoms with Gasteiger partial charge < -0.3 is 5.32 Å². The van der Waals surface area contributed by atoms with Gasteiger partial charge in [-0.25, -0.2) is 0 Å². The summed E-state index contributed by atoms with van der Waals surface area (Å²) in [6.07, 6.45) is 4.54. The Morgan fingerprint density at radius 1 is 1.73 bits per heavy atom. The molecule has 0 saturated heterocycles. The first kappa shape index (κ1) is 7.18. The van der Waals surface area contributed by atoms with Crippen molar-refractivity contribution in [3.63, 3.8) is 0 Å². The molecule has 0 amide bonds. The summed E-state index contributed by atoms with van der Waals surface area (Å²) in [5.74, 6) is 0.809. The van der Waals surface area contributed by atoms with E-state index in [1.165, 1.54) is 24.6 Å². The highest BCUT2D eigenvalue weighted by Crippen LogP contribution is 2.40. The standard InChI is InChI=1S/C7H11N3S/c1-8-7(5-2-3-5)6-4-9-11-10-6/h4-5,7-8H,2-3H2,1H3. The maximum Gasteiger partial charge on any atom is 0.0914 e. The number of nitrogens with zero attached hydrogens (tertiary/aromatic N) is 2. The van der Waals surface area contributed by atoms with Gasteiger partial charge in [-0.1, -0.05) is 0 Å². The van der Waals surface area contributed by atoms with Crippen molar-refractivity contribution in [1.82, 2.24) is 14.1 Å². The van der Waals surface area contributed by atoms with Crippen LogP contribution in [-0.2, 0) is 0 Å². The van der Waals surface area contributed by atoms with Crippen molar-refractivity contribution in [3.05, 3.63) is 11.9 Å². The van der Waals surface area contributed by atoms with Crippen LogP contribution in [-0.4, -0.2) is 15.8 Å². The van der Waals surface area contributed by atoms with Crippen LogP contribution in [0.15, 0.2) is 6.20 Å². The maximum atomic E-state index is 4.22. The molecule has 1 aliphatic rings. The molecule has 1 aliphatic carbocycles. The number of hydrogen-bond acceptors (Lipinski definition) is 4. The molecule has 0 spiro atoms. The van der Waals surface area contributed by atoms with Gasteiger partial charge in [-0.15, -0.1) is 0 Å². The molecule has 60 valence electrons. The van der Waals surface area contributed by atoms with Gasteiger partial charge in [-0.3, -0.25) is 0 Å². The van der Waals surface area contributed by atoms with Gasteiger partial charge in [0.2, 0.25) is 0 Å². The van der Waals surface area contributed by atoms with Crippen molar-refractivity contribution in [2.24, 2.45) is 5.92 Å². The van der Waals surface area contributed by atoms with E-state index in [9.17, 15) is 0 Å². The summed E-state index contributed by atoms with van der Waals surface area (Å²) in [5, 5.41) is 3.27. The van der Waals surface area contributed by atoms with Crippen molar-refractivity contribution in [2.45, 2.75) is 18.9 Å². The first-order valence-corrected chi connectivity index (χ1v) is 4.59. The van der Waals surface area contributed by atoms with Crippen molar-refractivity contribution >= 4 is 11.7 Å². The molecule has 1 aromatic heterocycles. The predicted molar refractivity (Wildman–Crippen MR) is 44.4 cm³/mol. The van der Waals surface area contributed by atoms with Crippen LogP contribution in [0.25, 0.3) is 0 Å². The van der Waals surface area contributed by atoms with Crippen molar-refractivity contribution < 1.29 is 0 Å². The SMILES string of the molecule is CNC(c1cnsn1)C1CC1. The quantitative estimate of drug-likeness (QED) is 0.739. The molecular weight excluding hydrogens is 158 g/mol. The molecule has 0 bridgehead atoms. The van der Waals surface area contributed by atoms with E-state index in [2.05, 4.69) is 14.1 Å². The second-order valence-electron chi connectivity index (χ2n) is 2.94. The maximum absolute atomic E-state index is 4.22. The first-order chi connectivity index (χ1) is 5.42. The summed E-state index contributed by atoms with van der Waals surface area (Å²) < 4.78 is 8.21. The van der Waals surface area contributed by atoms with Gasteiger partial charge in [0, 0.05) is 0 Å². The third-order valence-corrected chi connectivity index (χ3v) is 2.59. The number of hydrogen-bond donors (Lipinski definition) is 1. The van der Waals surface area contributed by atoms with Gasteiger partial charge >= 0.3 is 0 Å². The first-order valence-electron chi connectivity index (χ1n) is 3.86. The zero-order chi connectivity index (χ0) is 7.68. The molecule has 4 heteroatoms. The van der Waals surface area contributed by atoms with E-state index in [4.69, 9.17) is 0 Å². The average Bonchev–Trinajstić information content (AvgIpc) is 2.68. The lowest BCUT2D eigenvalue weighted by Crippen LogP contribution is -2.18. The number of nitrogens with one attached hydrogen (secondary N) is 1. The molecule has 1 N–H and O–H groups in total.